The predicted octanol–water partition coefficient (Wildman–Crippen LogP) is 17.2. The lowest BCUT2D eigenvalue weighted by molar-refractivity contribution is -0.113. The lowest BCUT2D eigenvalue weighted by atomic mass is 10.1. The number of amides is 1. The number of benzene rings is 1. The smallest absolute Gasteiger partial charge is 0.457 e. The minimum atomic E-state index is -3.38. The maximum Gasteiger partial charge on any atom is 0.469 e. The average Bonchev–Trinajstić information content (AvgIpc) is 3.25. The zero-order chi connectivity index (χ0) is 66.2. The number of rotatable bonds is 45. The van der Waals surface area contributed by atoms with E-state index in [1.165, 1.54) is 11.2 Å². The predicted molar refractivity (Wildman–Crippen MR) is 409 cm³/mol. The fourth-order valence-electron chi connectivity index (χ4n) is 10.6. The Bertz CT molecular complexity index is 2100. The van der Waals surface area contributed by atoms with Crippen molar-refractivity contribution >= 4 is 154 Å². The largest absolute Gasteiger partial charge is 0.469 e. The molecule has 500 valence electrons. The summed E-state index contributed by atoms with van der Waals surface area (Å²) >= 11 is 0. The van der Waals surface area contributed by atoms with Crippen LogP contribution in [0.25, 0.3) is 0 Å². The van der Waals surface area contributed by atoms with Gasteiger partial charge in [0.05, 0.1) is 9.52 Å². The third-order valence-electron chi connectivity index (χ3n) is 13.6. The molecule has 0 saturated heterocycles. The Morgan fingerprint density at radius 2 is 0.800 bits per heavy atom. The standard InChI is InChI=1S/C56H135NO12Si16/c1-33-36-37-52(4)56(58)57-54-38-40-55(41-39-54)71-60-79(26,27)45-42-70-53(5)59-78(24,25)46-49-83(61-72(6,7)8,62-73(9,10)11)67-80(28,29)47-50-84(63-74(12,13)14,64-75(15,16)17)68-81(30,31)48-51-85(65-76(18,19)20,66-77(21,22)23)69-82(32,43-34-2)44-35-3/h38-41,53H,4,33-37,42-51,70-71H2,1-3,5-32H3,(H,57,58). The summed E-state index contributed by atoms with van der Waals surface area (Å²) < 4.78 is 82.2. The first kappa shape index (κ1) is 84.5. The number of carbonyl (C=O) groups is 1. The van der Waals surface area contributed by atoms with Crippen molar-refractivity contribution in [3.05, 3.63) is 36.4 Å². The van der Waals surface area contributed by atoms with Crippen LogP contribution < -0.4 is 10.5 Å². The van der Waals surface area contributed by atoms with Crippen LogP contribution in [-0.2, 0) is 50.4 Å². The van der Waals surface area contributed by atoms with Crippen LogP contribution in [-0.4, -0.2) is 149 Å². The summed E-state index contributed by atoms with van der Waals surface area (Å²) in [5, 5.41) is 4.26. The molecule has 1 amide bonds. The van der Waals surface area contributed by atoms with Gasteiger partial charge in [0.2, 0.25) is 0 Å². The monoisotopic (exact) mass is 1460 g/mol. The number of hydrogen-bond donors (Lipinski definition) is 1. The topological polar surface area (TPSA) is 131 Å². The van der Waals surface area contributed by atoms with Crippen molar-refractivity contribution in [1.82, 2.24) is 0 Å². The van der Waals surface area contributed by atoms with Crippen LogP contribution in [0.3, 0.4) is 0 Å². The highest BCUT2D eigenvalue weighted by molar-refractivity contribution is 6.95. The summed E-state index contributed by atoms with van der Waals surface area (Å²) in [6.45, 7) is 75.8. The molecule has 0 aliphatic rings. The first-order valence-electron chi connectivity index (χ1n) is 32.7. The molecule has 1 aromatic rings. The van der Waals surface area contributed by atoms with Crippen LogP contribution in [0.4, 0.5) is 5.69 Å². The third-order valence-corrected chi connectivity index (χ3v) is 67.3. The molecule has 1 unspecified atom stereocenters. The number of unbranched alkanes of at least 4 members (excludes halogenated alkanes) is 1. The molecule has 1 atom stereocenters. The van der Waals surface area contributed by atoms with Gasteiger partial charge in [0.15, 0.2) is 101 Å². The third kappa shape index (κ3) is 38.4. The molecule has 0 bridgehead atoms. The van der Waals surface area contributed by atoms with E-state index < -0.39 is 137 Å². The minimum absolute atomic E-state index is 0.0930. The van der Waals surface area contributed by atoms with Gasteiger partial charge in [0, 0.05) is 35.1 Å². The van der Waals surface area contributed by atoms with Crippen molar-refractivity contribution in [3.63, 3.8) is 0 Å². The van der Waals surface area contributed by atoms with Crippen molar-refractivity contribution < 1.29 is 50.4 Å². The van der Waals surface area contributed by atoms with Gasteiger partial charge in [-0.2, -0.15) is 0 Å². The van der Waals surface area contributed by atoms with E-state index in [2.05, 4.69) is 228 Å². The maximum absolute atomic E-state index is 12.6. The number of anilines is 1. The van der Waals surface area contributed by atoms with Crippen LogP contribution in [0.5, 0.6) is 0 Å². The SMILES string of the molecule is C=C(CCCC)C(=O)Nc1ccc([SiH2]O[Si](C)(C)CC[SiH2]C(C)O[Si](C)(C)CC[Si](O[Si](C)(C)C)(O[Si](C)(C)C)O[Si](C)(C)CC[Si](O[Si](C)(C)C)(O[Si](C)(C)C)O[Si](C)(C)CC[Si](O[Si](C)(C)C)(O[Si](C)(C)C)O[Si](C)(CCC)CCC)cc1. The Kier molecular flexibility index (Phi) is 34.0. The number of nitrogens with one attached hydrogen (secondary N) is 1. The fraction of sp³-hybridized carbons (Fsp3) is 0.839. The van der Waals surface area contributed by atoms with E-state index in [-0.39, 0.29) is 11.6 Å². The van der Waals surface area contributed by atoms with E-state index in [9.17, 15) is 4.79 Å². The zero-order valence-corrected chi connectivity index (χ0v) is 77.8. The molecule has 0 spiro atoms. The van der Waals surface area contributed by atoms with Gasteiger partial charge in [-0.05, 0) is 250 Å². The van der Waals surface area contributed by atoms with Crippen LogP contribution in [0.15, 0.2) is 36.4 Å². The van der Waals surface area contributed by atoms with Crippen LogP contribution in [0.1, 0.15) is 59.8 Å². The number of hydrogen-bond acceptors (Lipinski definition) is 12. The van der Waals surface area contributed by atoms with Gasteiger partial charge >= 0.3 is 26.4 Å². The first-order valence-corrected chi connectivity index (χ1v) is 77.4. The van der Waals surface area contributed by atoms with E-state index in [1.807, 2.05) is 12.1 Å². The van der Waals surface area contributed by atoms with Crippen molar-refractivity contribution in [2.75, 3.05) is 5.32 Å². The molecule has 0 radical (unpaired) electrons. The molecule has 0 aromatic heterocycles. The highest BCUT2D eigenvalue weighted by Crippen LogP contribution is 2.41. The second kappa shape index (κ2) is 34.2. The molecule has 0 fully saturated rings. The second-order valence-electron chi connectivity index (χ2n) is 33.1. The molecule has 1 N–H and O–H groups in total. The van der Waals surface area contributed by atoms with Crippen LogP contribution in [0, 0.1) is 0 Å². The summed E-state index contributed by atoms with van der Waals surface area (Å²) in [5.74, 6) is -0.0930. The summed E-state index contributed by atoms with van der Waals surface area (Å²) in [6.07, 6.45) is 4.95. The Morgan fingerprint density at radius 3 is 1.14 bits per heavy atom. The molecule has 29 heteroatoms. The fourth-order valence-corrected chi connectivity index (χ4v) is 77.3. The summed E-state index contributed by atoms with van der Waals surface area (Å²) in [7, 11) is -35.8. The normalized spacial score (nSPS) is 15.2. The van der Waals surface area contributed by atoms with Crippen molar-refractivity contribution in [3.8, 4) is 0 Å². The molecule has 1 rings (SSSR count). The lowest BCUT2D eigenvalue weighted by Gasteiger charge is -2.47. The number of carbonyl (C=O) groups excluding carboxylic acids is 1. The van der Waals surface area contributed by atoms with Crippen LogP contribution in [0.2, 0.25) is 237 Å². The van der Waals surface area contributed by atoms with Crippen molar-refractivity contribution in [2.24, 2.45) is 0 Å². The first-order chi connectivity index (χ1) is 38.0. The lowest BCUT2D eigenvalue weighted by Crippen LogP contribution is -2.64. The van der Waals surface area contributed by atoms with Crippen molar-refractivity contribution in [1.29, 1.82) is 0 Å². The van der Waals surface area contributed by atoms with Gasteiger partial charge in [-0.15, -0.1) is 0 Å². The maximum atomic E-state index is 12.6. The van der Waals surface area contributed by atoms with Crippen molar-refractivity contribution in [2.45, 2.75) is 303 Å². The molecule has 0 aliphatic carbocycles. The summed E-state index contributed by atoms with van der Waals surface area (Å²) in [5.41, 5.74) is 1.71. The summed E-state index contributed by atoms with van der Waals surface area (Å²) in [6, 6.07) is 17.5. The molecule has 85 heavy (non-hydrogen) atoms. The molecule has 1 aromatic carbocycles. The minimum Gasteiger partial charge on any atom is -0.457 e. The Morgan fingerprint density at radius 1 is 0.447 bits per heavy atom. The second-order valence-corrected chi connectivity index (χ2v) is 96.3. The highest BCUT2D eigenvalue weighted by atomic mass is 28.5. The molecular weight excluding hydrogens is 1330 g/mol. The molecule has 13 nitrogen and oxygen atoms in total. The Balaban J connectivity index is 3.56. The van der Waals surface area contributed by atoms with Gasteiger partial charge in [-0.25, -0.2) is 0 Å². The van der Waals surface area contributed by atoms with Crippen LogP contribution >= 0.6 is 0 Å². The van der Waals surface area contributed by atoms with Gasteiger partial charge in [0.1, 0.15) is 0 Å². The average molecular weight is 1460 g/mol. The van der Waals surface area contributed by atoms with E-state index in [1.54, 1.807) is 0 Å². The quantitative estimate of drug-likeness (QED) is 0.0493. The molecule has 0 aliphatic heterocycles. The van der Waals surface area contributed by atoms with Gasteiger partial charge in [0.25, 0.3) is 5.91 Å². The zero-order valence-electron chi connectivity index (χ0n) is 61.0. The molecular formula is C56H135NO12Si16. The van der Waals surface area contributed by atoms with Gasteiger partial charge in [-0.3, -0.25) is 4.79 Å². The van der Waals surface area contributed by atoms with Gasteiger partial charge in [-0.1, -0.05) is 64.8 Å². The van der Waals surface area contributed by atoms with E-state index in [0.29, 0.717) is 11.6 Å². The highest BCUT2D eigenvalue weighted by Gasteiger charge is 2.57. The van der Waals surface area contributed by atoms with E-state index in [0.717, 1.165) is 86.1 Å². The Hall–Kier alpha value is 1.46. The molecule has 0 saturated carbocycles. The van der Waals surface area contributed by atoms with E-state index in [4.69, 9.17) is 45.6 Å². The Labute approximate surface area is 544 Å². The van der Waals surface area contributed by atoms with Gasteiger partial charge < -0.3 is 50.9 Å². The summed E-state index contributed by atoms with van der Waals surface area (Å²) in [4.78, 5) is 12.6. The molecule has 0 heterocycles. The van der Waals surface area contributed by atoms with E-state index >= 15 is 0 Å².